The van der Waals surface area contributed by atoms with Gasteiger partial charge in [0.2, 0.25) is 11.8 Å². The molecule has 0 saturated carbocycles. The minimum Gasteiger partial charge on any atom is -0.326 e. The molecule has 29 heavy (non-hydrogen) atoms. The Morgan fingerprint density at radius 2 is 2.07 bits per heavy atom. The van der Waals surface area contributed by atoms with E-state index in [0.717, 1.165) is 28.4 Å². The van der Waals surface area contributed by atoms with Gasteiger partial charge in [0.15, 0.2) is 5.13 Å². The van der Waals surface area contributed by atoms with E-state index in [1.807, 2.05) is 6.07 Å². The summed E-state index contributed by atoms with van der Waals surface area (Å²) in [6, 6.07) is 6.30. The summed E-state index contributed by atoms with van der Waals surface area (Å²) >= 11 is 1.05. The Labute approximate surface area is 169 Å². The predicted molar refractivity (Wildman–Crippen MR) is 103 cm³/mol. The van der Waals surface area contributed by atoms with Crippen LogP contribution in [0.2, 0.25) is 0 Å². The summed E-state index contributed by atoms with van der Waals surface area (Å²) < 4.78 is 38.9. The Balaban J connectivity index is 2.29. The van der Waals surface area contributed by atoms with Gasteiger partial charge in [-0.25, -0.2) is 4.98 Å². The number of halogens is 3. The van der Waals surface area contributed by atoms with Crippen LogP contribution in [-0.2, 0) is 15.8 Å². The van der Waals surface area contributed by atoms with Crippen LogP contribution < -0.4 is 4.90 Å². The molecular weight excluding hydrogens is 405 g/mol. The van der Waals surface area contributed by atoms with Crippen molar-refractivity contribution < 1.29 is 22.8 Å². The monoisotopic (exact) mass is 422 g/mol. The number of aromatic nitrogens is 1. The smallest absolute Gasteiger partial charge is 0.326 e. The molecule has 0 aliphatic carbocycles. The molecule has 1 heterocycles. The largest absolute Gasteiger partial charge is 0.416 e. The van der Waals surface area contributed by atoms with Gasteiger partial charge in [0.05, 0.1) is 23.0 Å². The van der Waals surface area contributed by atoms with E-state index in [1.165, 1.54) is 36.1 Å². The van der Waals surface area contributed by atoms with E-state index >= 15 is 0 Å². The van der Waals surface area contributed by atoms with Gasteiger partial charge in [-0.2, -0.15) is 18.4 Å². The number of hydrogen-bond acceptors (Lipinski definition) is 5. The van der Waals surface area contributed by atoms with E-state index in [0.29, 0.717) is 12.2 Å². The van der Waals surface area contributed by atoms with Crippen LogP contribution in [-0.4, -0.2) is 34.8 Å². The Morgan fingerprint density at radius 1 is 1.34 bits per heavy atom. The second-order valence-electron chi connectivity index (χ2n) is 5.80. The molecule has 0 aliphatic rings. The molecule has 0 bridgehead atoms. The molecule has 1 aromatic carbocycles. The first-order valence-electron chi connectivity index (χ1n) is 8.44. The molecule has 0 radical (unpaired) electrons. The van der Waals surface area contributed by atoms with Crippen molar-refractivity contribution in [3.8, 4) is 6.07 Å². The van der Waals surface area contributed by atoms with Crippen LogP contribution in [0.4, 0.5) is 24.0 Å². The van der Waals surface area contributed by atoms with Crippen molar-refractivity contribution in [3.63, 3.8) is 0 Å². The molecule has 0 atom stereocenters. The highest BCUT2D eigenvalue weighted by Crippen LogP contribution is 2.35. The molecule has 10 heteroatoms. The number of nitriles is 1. The quantitative estimate of drug-likeness (QED) is 0.516. The van der Waals surface area contributed by atoms with Crippen molar-refractivity contribution in [3.05, 3.63) is 47.0 Å². The fraction of sp³-hybridized carbons (Fsp3) is 0.263. The fourth-order valence-corrected chi connectivity index (χ4v) is 3.25. The maximum absolute atomic E-state index is 13.0. The number of likely N-dealkylation sites (N-methyl/N-ethyl adjacent to an activating group) is 1. The zero-order chi connectivity index (χ0) is 21.6. The first-order valence-corrected chi connectivity index (χ1v) is 9.32. The number of carbonyl (C=O) groups excluding carboxylic acids is 2. The molecule has 0 saturated heterocycles. The molecule has 152 valence electrons. The SMILES string of the molecule is CCN(CC#N)C(=O)/C=C/c1csc(N(C(C)=O)c2cccc(C(F)(F)F)c2)n1. The lowest BCUT2D eigenvalue weighted by molar-refractivity contribution is -0.137. The molecule has 0 spiro atoms. The van der Waals surface area contributed by atoms with E-state index in [2.05, 4.69) is 4.98 Å². The Morgan fingerprint density at radius 3 is 2.66 bits per heavy atom. The third kappa shape index (κ3) is 5.65. The standard InChI is InChI=1S/C19H17F3N4O2S/c1-3-25(10-9-23)17(28)8-7-15-12-29-18(24-15)26(13(2)27)16-6-4-5-14(11-16)19(20,21)22/h4-8,11-12H,3,10H2,1-2H3/b8-7+. The van der Waals surface area contributed by atoms with Gasteiger partial charge in [0.25, 0.3) is 0 Å². The van der Waals surface area contributed by atoms with Gasteiger partial charge in [-0.05, 0) is 31.2 Å². The average molecular weight is 422 g/mol. The highest BCUT2D eigenvalue weighted by molar-refractivity contribution is 7.14. The third-order valence-electron chi connectivity index (χ3n) is 3.80. The number of rotatable bonds is 6. The first kappa shape index (κ1) is 22.1. The molecule has 0 aliphatic heterocycles. The minimum absolute atomic E-state index is 0.0412. The summed E-state index contributed by atoms with van der Waals surface area (Å²) in [5.41, 5.74) is -0.468. The number of alkyl halides is 3. The minimum atomic E-state index is -4.54. The van der Waals surface area contributed by atoms with Crippen LogP contribution in [0.1, 0.15) is 25.1 Å². The normalized spacial score (nSPS) is 11.3. The Hall–Kier alpha value is -3.19. The molecule has 0 fully saturated rings. The molecule has 2 rings (SSSR count). The summed E-state index contributed by atoms with van der Waals surface area (Å²) in [5, 5.41) is 10.5. The lowest BCUT2D eigenvalue weighted by Gasteiger charge is -2.19. The second-order valence-corrected chi connectivity index (χ2v) is 6.64. The van der Waals surface area contributed by atoms with Crippen molar-refractivity contribution in [2.24, 2.45) is 0 Å². The predicted octanol–water partition coefficient (Wildman–Crippen LogP) is 4.23. The fourth-order valence-electron chi connectivity index (χ4n) is 2.40. The van der Waals surface area contributed by atoms with Crippen LogP contribution in [0.25, 0.3) is 6.08 Å². The number of benzene rings is 1. The summed E-state index contributed by atoms with van der Waals surface area (Å²) in [6.45, 7) is 3.29. The highest BCUT2D eigenvalue weighted by atomic mass is 32.1. The number of nitrogens with zero attached hydrogens (tertiary/aromatic N) is 4. The topological polar surface area (TPSA) is 77.3 Å². The molecular formula is C19H17F3N4O2S. The average Bonchev–Trinajstić information content (AvgIpc) is 3.12. The van der Waals surface area contributed by atoms with Crippen molar-refractivity contribution in [2.75, 3.05) is 18.0 Å². The first-order chi connectivity index (χ1) is 13.7. The van der Waals surface area contributed by atoms with Gasteiger partial charge in [0, 0.05) is 24.9 Å². The van der Waals surface area contributed by atoms with E-state index in [4.69, 9.17) is 5.26 Å². The van der Waals surface area contributed by atoms with Gasteiger partial charge in [0.1, 0.15) is 6.54 Å². The maximum Gasteiger partial charge on any atom is 0.416 e. The maximum atomic E-state index is 13.0. The molecule has 2 aromatic rings. The number of amides is 2. The number of anilines is 2. The van der Waals surface area contributed by atoms with Crippen LogP contribution in [0.5, 0.6) is 0 Å². The summed E-state index contributed by atoms with van der Waals surface area (Å²) in [5.74, 6) is -0.874. The van der Waals surface area contributed by atoms with Gasteiger partial charge < -0.3 is 4.90 Å². The Bertz CT molecular complexity index is 963. The summed E-state index contributed by atoms with van der Waals surface area (Å²) in [6.07, 6.45) is -1.86. The Kier molecular flexibility index (Phi) is 7.12. The van der Waals surface area contributed by atoms with Crippen LogP contribution in [0.3, 0.4) is 0 Å². The van der Waals surface area contributed by atoms with Crippen molar-refractivity contribution in [2.45, 2.75) is 20.0 Å². The molecule has 6 nitrogen and oxygen atoms in total. The second kappa shape index (κ2) is 9.34. The van der Waals surface area contributed by atoms with E-state index in [9.17, 15) is 22.8 Å². The van der Waals surface area contributed by atoms with Gasteiger partial charge in [-0.15, -0.1) is 11.3 Å². The van der Waals surface area contributed by atoms with Crippen LogP contribution >= 0.6 is 11.3 Å². The van der Waals surface area contributed by atoms with Gasteiger partial charge in [-0.1, -0.05) is 6.07 Å². The van der Waals surface area contributed by atoms with E-state index < -0.39 is 17.6 Å². The molecule has 1 aromatic heterocycles. The summed E-state index contributed by atoms with van der Waals surface area (Å²) in [7, 11) is 0. The van der Waals surface area contributed by atoms with E-state index in [1.54, 1.807) is 12.3 Å². The summed E-state index contributed by atoms with van der Waals surface area (Å²) in [4.78, 5) is 30.7. The van der Waals surface area contributed by atoms with Gasteiger partial charge in [-0.3, -0.25) is 14.5 Å². The molecule has 0 unspecified atom stereocenters. The molecule has 2 amide bonds. The van der Waals surface area contributed by atoms with Crippen molar-refractivity contribution in [1.29, 1.82) is 5.26 Å². The lowest BCUT2D eigenvalue weighted by Crippen LogP contribution is -2.29. The van der Waals surface area contributed by atoms with Gasteiger partial charge >= 0.3 is 6.18 Å². The van der Waals surface area contributed by atoms with E-state index in [-0.39, 0.29) is 23.3 Å². The lowest BCUT2D eigenvalue weighted by atomic mass is 10.2. The number of hydrogen-bond donors (Lipinski definition) is 0. The highest BCUT2D eigenvalue weighted by Gasteiger charge is 2.31. The third-order valence-corrected chi connectivity index (χ3v) is 4.64. The zero-order valence-corrected chi connectivity index (χ0v) is 16.4. The van der Waals surface area contributed by atoms with Crippen molar-refractivity contribution in [1.82, 2.24) is 9.88 Å². The van der Waals surface area contributed by atoms with Crippen LogP contribution in [0.15, 0.2) is 35.7 Å². The number of thiazole rings is 1. The number of carbonyl (C=O) groups is 2. The zero-order valence-electron chi connectivity index (χ0n) is 15.6. The van der Waals surface area contributed by atoms with Crippen LogP contribution in [0, 0.1) is 11.3 Å². The molecule has 0 N–H and O–H groups in total. The van der Waals surface area contributed by atoms with Crippen molar-refractivity contribution >= 4 is 40.0 Å².